The normalized spacial score (nSPS) is 16.4. The van der Waals surface area contributed by atoms with Gasteiger partial charge in [-0.1, -0.05) is 0 Å². The Morgan fingerprint density at radius 2 is 2.00 bits per heavy atom. The van der Waals surface area contributed by atoms with E-state index in [2.05, 4.69) is 0 Å². The largest absolute Gasteiger partial charge is 0.393 e. The summed E-state index contributed by atoms with van der Waals surface area (Å²) in [6, 6.07) is 0. The van der Waals surface area contributed by atoms with Gasteiger partial charge in [0.15, 0.2) is 0 Å². The van der Waals surface area contributed by atoms with Crippen molar-refractivity contribution in [2.45, 2.75) is 38.9 Å². The number of carbonyl (C=O) groups is 1. The Kier molecular flexibility index (Phi) is 4.23. The number of Topliss-reactive ketones (excluding diaryl/α,β-unsaturated/α-hetero) is 1. The first-order valence-electron chi connectivity index (χ1n) is 3.38. The Morgan fingerprint density at radius 3 is 2.30 bits per heavy atom. The van der Waals surface area contributed by atoms with Crippen LogP contribution in [0, 0.1) is 0 Å². The van der Waals surface area contributed by atoms with Gasteiger partial charge in [-0.2, -0.15) is 0 Å². The molecular weight excluding hydrogens is 132 g/mol. The highest BCUT2D eigenvalue weighted by atomic mass is 16.3. The fourth-order valence-electron chi connectivity index (χ4n) is 0.809. The van der Waals surface area contributed by atoms with Crippen LogP contribution < -0.4 is 0 Å². The smallest absolute Gasteiger partial charge is 0.132 e. The number of aliphatic hydroxyl groups is 2. The van der Waals surface area contributed by atoms with Crippen LogP contribution in [0.2, 0.25) is 0 Å². The van der Waals surface area contributed by atoms with Crippen LogP contribution in [-0.4, -0.2) is 28.2 Å². The van der Waals surface area contributed by atoms with Gasteiger partial charge in [0.2, 0.25) is 0 Å². The summed E-state index contributed by atoms with van der Waals surface area (Å²) < 4.78 is 0. The summed E-state index contributed by atoms with van der Waals surface area (Å²) in [6.07, 6.45) is -0.795. The molecule has 3 nitrogen and oxygen atoms in total. The van der Waals surface area contributed by atoms with E-state index in [1.165, 1.54) is 6.92 Å². The third kappa shape index (κ3) is 5.72. The standard InChI is InChI=1S/C7H14O3/c1-5(8)3-7(10)4-6(2)9/h5,7-8,10H,3-4H2,1-2H3/t5-,7-/m1/s1. The van der Waals surface area contributed by atoms with E-state index in [0.29, 0.717) is 0 Å². The van der Waals surface area contributed by atoms with Gasteiger partial charge in [-0.15, -0.1) is 0 Å². The molecule has 0 aromatic heterocycles. The predicted octanol–water partition coefficient (Wildman–Crippen LogP) is 0.0973. The molecule has 2 N–H and O–H groups in total. The van der Waals surface area contributed by atoms with Crippen molar-refractivity contribution in [2.24, 2.45) is 0 Å². The van der Waals surface area contributed by atoms with Gasteiger partial charge >= 0.3 is 0 Å². The molecule has 0 saturated heterocycles. The minimum absolute atomic E-state index is 0.0480. The molecule has 0 amide bonds. The van der Waals surface area contributed by atoms with Crippen LogP contribution in [0.3, 0.4) is 0 Å². The summed E-state index contributed by atoms with van der Waals surface area (Å²) in [7, 11) is 0. The molecule has 0 aliphatic carbocycles. The predicted molar refractivity (Wildman–Crippen MR) is 37.6 cm³/mol. The Hall–Kier alpha value is -0.410. The second-order valence-electron chi connectivity index (χ2n) is 2.64. The zero-order valence-corrected chi connectivity index (χ0v) is 6.37. The van der Waals surface area contributed by atoms with E-state index >= 15 is 0 Å². The fourth-order valence-corrected chi connectivity index (χ4v) is 0.809. The van der Waals surface area contributed by atoms with Crippen LogP contribution in [0.1, 0.15) is 26.7 Å². The zero-order chi connectivity index (χ0) is 8.15. The van der Waals surface area contributed by atoms with Crippen LogP contribution in [0.5, 0.6) is 0 Å². The van der Waals surface area contributed by atoms with Crippen molar-refractivity contribution in [3.05, 3.63) is 0 Å². The van der Waals surface area contributed by atoms with E-state index in [-0.39, 0.29) is 18.6 Å². The average molecular weight is 146 g/mol. The van der Waals surface area contributed by atoms with Gasteiger partial charge in [0.05, 0.1) is 12.2 Å². The van der Waals surface area contributed by atoms with Crippen molar-refractivity contribution >= 4 is 5.78 Å². The molecule has 0 unspecified atom stereocenters. The quantitative estimate of drug-likeness (QED) is 0.591. The average Bonchev–Trinajstić information content (AvgIpc) is 1.58. The Labute approximate surface area is 60.7 Å². The lowest BCUT2D eigenvalue weighted by atomic mass is 10.1. The molecule has 3 heteroatoms. The van der Waals surface area contributed by atoms with Crippen LogP contribution >= 0.6 is 0 Å². The molecule has 10 heavy (non-hydrogen) atoms. The number of rotatable bonds is 4. The van der Waals surface area contributed by atoms with Crippen molar-refractivity contribution in [1.82, 2.24) is 0 Å². The fraction of sp³-hybridized carbons (Fsp3) is 0.857. The summed E-state index contributed by atoms with van der Waals surface area (Å²) in [5, 5.41) is 17.8. The maximum atomic E-state index is 10.4. The summed E-state index contributed by atoms with van der Waals surface area (Å²) >= 11 is 0. The maximum Gasteiger partial charge on any atom is 0.132 e. The number of hydrogen-bond donors (Lipinski definition) is 2. The highest BCUT2D eigenvalue weighted by molar-refractivity contribution is 5.75. The highest BCUT2D eigenvalue weighted by Gasteiger charge is 2.09. The topological polar surface area (TPSA) is 57.5 Å². The van der Waals surface area contributed by atoms with Crippen LogP contribution in [0.4, 0.5) is 0 Å². The number of aliphatic hydroxyl groups excluding tert-OH is 2. The van der Waals surface area contributed by atoms with Crippen molar-refractivity contribution in [1.29, 1.82) is 0 Å². The summed E-state index contributed by atoms with van der Waals surface area (Å²) in [4.78, 5) is 10.4. The molecule has 0 fully saturated rings. The second kappa shape index (κ2) is 4.41. The number of ketones is 1. The molecule has 0 aliphatic heterocycles. The minimum Gasteiger partial charge on any atom is -0.393 e. The van der Waals surface area contributed by atoms with Gasteiger partial charge in [0.25, 0.3) is 0 Å². The van der Waals surface area contributed by atoms with Gasteiger partial charge in [-0.05, 0) is 20.3 Å². The van der Waals surface area contributed by atoms with E-state index in [1.807, 2.05) is 0 Å². The molecule has 0 aliphatic rings. The van der Waals surface area contributed by atoms with Gasteiger partial charge in [-0.25, -0.2) is 0 Å². The van der Waals surface area contributed by atoms with E-state index in [0.717, 1.165) is 0 Å². The van der Waals surface area contributed by atoms with Gasteiger partial charge < -0.3 is 10.2 Å². The molecule has 0 heterocycles. The lowest BCUT2D eigenvalue weighted by Crippen LogP contribution is -2.17. The molecule has 0 rings (SSSR count). The van der Waals surface area contributed by atoms with E-state index in [9.17, 15) is 4.79 Å². The summed E-state index contributed by atoms with van der Waals surface area (Å²) in [5.41, 5.74) is 0. The first kappa shape index (κ1) is 9.59. The van der Waals surface area contributed by atoms with E-state index in [1.54, 1.807) is 6.92 Å². The third-order valence-corrected chi connectivity index (χ3v) is 1.14. The van der Waals surface area contributed by atoms with Crippen molar-refractivity contribution < 1.29 is 15.0 Å². The lowest BCUT2D eigenvalue weighted by molar-refractivity contribution is -0.119. The SMILES string of the molecule is CC(=O)C[C@H](O)C[C@@H](C)O. The Bertz CT molecular complexity index is 109. The molecule has 2 atom stereocenters. The van der Waals surface area contributed by atoms with Crippen LogP contribution in [0.15, 0.2) is 0 Å². The van der Waals surface area contributed by atoms with Gasteiger partial charge in [0, 0.05) is 6.42 Å². The second-order valence-corrected chi connectivity index (χ2v) is 2.64. The lowest BCUT2D eigenvalue weighted by Gasteiger charge is -2.09. The van der Waals surface area contributed by atoms with Gasteiger partial charge in [-0.3, -0.25) is 4.79 Å². The zero-order valence-electron chi connectivity index (χ0n) is 6.37. The van der Waals surface area contributed by atoms with E-state index in [4.69, 9.17) is 10.2 Å². The number of hydrogen-bond acceptors (Lipinski definition) is 3. The molecular formula is C7H14O3. The van der Waals surface area contributed by atoms with Crippen LogP contribution in [-0.2, 0) is 4.79 Å². The molecule has 0 bridgehead atoms. The monoisotopic (exact) mass is 146 g/mol. The molecule has 60 valence electrons. The Balaban J connectivity index is 3.43. The first-order chi connectivity index (χ1) is 4.52. The highest BCUT2D eigenvalue weighted by Crippen LogP contribution is 2.01. The Morgan fingerprint density at radius 1 is 1.50 bits per heavy atom. The summed E-state index contributed by atoms with van der Waals surface area (Å²) in [6.45, 7) is 3.01. The maximum absolute atomic E-state index is 10.4. The molecule has 0 spiro atoms. The third-order valence-electron chi connectivity index (χ3n) is 1.14. The van der Waals surface area contributed by atoms with Crippen LogP contribution in [0.25, 0.3) is 0 Å². The molecule has 0 aromatic carbocycles. The van der Waals surface area contributed by atoms with Gasteiger partial charge in [0.1, 0.15) is 5.78 Å². The number of carbonyl (C=O) groups excluding carboxylic acids is 1. The molecule has 0 saturated carbocycles. The minimum atomic E-state index is -0.683. The van der Waals surface area contributed by atoms with Crippen molar-refractivity contribution in [3.8, 4) is 0 Å². The van der Waals surface area contributed by atoms with Crippen molar-refractivity contribution in [3.63, 3.8) is 0 Å². The van der Waals surface area contributed by atoms with Crippen molar-refractivity contribution in [2.75, 3.05) is 0 Å². The first-order valence-corrected chi connectivity index (χ1v) is 3.38. The van der Waals surface area contributed by atoms with E-state index < -0.39 is 12.2 Å². The molecule has 0 radical (unpaired) electrons. The molecule has 0 aromatic rings. The summed E-state index contributed by atoms with van der Waals surface area (Å²) in [5.74, 6) is -0.0480.